The van der Waals surface area contributed by atoms with Gasteiger partial charge >= 0.3 is 5.97 Å². The second kappa shape index (κ2) is 10.3. The number of aromatic nitrogens is 2. The fourth-order valence-corrected chi connectivity index (χ4v) is 4.24. The van der Waals surface area contributed by atoms with Gasteiger partial charge in [0.25, 0.3) is 0 Å². The van der Waals surface area contributed by atoms with Crippen molar-refractivity contribution >= 4 is 22.8 Å². The molecule has 0 bridgehead atoms. The van der Waals surface area contributed by atoms with Crippen LogP contribution < -0.4 is 0 Å². The Hall–Kier alpha value is -3.66. The number of benzene rings is 3. The van der Waals surface area contributed by atoms with E-state index < -0.39 is 5.97 Å². The van der Waals surface area contributed by atoms with Crippen LogP contribution in [0.5, 0.6) is 0 Å². The lowest BCUT2D eigenvalue weighted by molar-refractivity contribution is -0.132. The van der Waals surface area contributed by atoms with Crippen LogP contribution in [-0.4, -0.2) is 20.6 Å². The molecule has 1 aromatic heterocycles. The molecular formula is C29H30N2O2. The zero-order chi connectivity index (χ0) is 23.2. The summed E-state index contributed by atoms with van der Waals surface area (Å²) in [7, 11) is 0. The van der Waals surface area contributed by atoms with Gasteiger partial charge in [-0.2, -0.15) is 0 Å². The predicted molar refractivity (Wildman–Crippen MR) is 135 cm³/mol. The van der Waals surface area contributed by atoms with Crippen LogP contribution in [-0.2, 0) is 17.8 Å². The monoisotopic (exact) mass is 438 g/mol. The smallest absolute Gasteiger partial charge is 0.331 e. The van der Waals surface area contributed by atoms with Crippen molar-refractivity contribution in [3.8, 4) is 11.3 Å². The molecular weight excluding hydrogens is 408 g/mol. The van der Waals surface area contributed by atoms with E-state index in [1.807, 2.05) is 49.4 Å². The van der Waals surface area contributed by atoms with Gasteiger partial charge in [-0.05, 0) is 35.3 Å². The van der Waals surface area contributed by atoms with Crippen LogP contribution in [0.2, 0.25) is 0 Å². The number of aliphatic carboxylic acids is 1. The Kier molecular flexibility index (Phi) is 7.04. The van der Waals surface area contributed by atoms with Crippen molar-refractivity contribution in [1.29, 1.82) is 0 Å². The maximum Gasteiger partial charge on any atom is 0.331 e. The molecule has 0 saturated heterocycles. The van der Waals surface area contributed by atoms with Crippen LogP contribution in [0.4, 0.5) is 0 Å². The van der Waals surface area contributed by atoms with E-state index in [9.17, 15) is 9.90 Å². The van der Waals surface area contributed by atoms with Crippen molar-refractivity contribution in [2.24, 2.45) is 0 Å². The molecule has 3 aromatic carbocycles. The molecule has 4 nitrogen and oxygen atoms in total. The summed E-state index contributed by atoms with van der Waals surface area (Å²) >= 11 is 0. The molecule has 1 heterocycles. The van der Waals surface area contributed by atoms with E-state index in [-0.39, 0.29) is 0 Å². The summed E-state index contributed by atoms with van der Waals surface area (Å²) in [4.78, 5) is 17.1. The van der Waals surface area contributed by atoms with Crippen LogP contribution >= 0.6 is 0 Å². The lowest BCUT2D eigenvalue weighted by Gasteiger charge is -2.12. The largest absolute Gasteiger partial charge is 0.478 e. The molecule has 0 saturated carbocycles. The summed E-state index contributed by atoms with van der Waals surface area (Å²) in [6.07, 6.45) is 5.23. The van der Waals surface area contributed by atoms with E-state index in [0.717, 1.165) is 52.8 Å². The normalized spacial score (nSPS) is 11.8. The van der Waals surface area contributed by atoms with Crippen LogP contribution in [0.25, 0.3) is 28.1 Å². The van der Waals surface area contributed by atoms with E-state index in [4.69, 9.17) is 4.98 Å². The van der Waals surface area contributed by atoms with Gasteiger partial charge in [-0.15, -0.1) is 0 Å². The number of hydrogen-bond acceptors (Lipinski definition) is 2. The van der Waals surface area contributed by atoms with Gasteiger partial charge in [-0.1, -0.05) is 93.1 Å². The fraction of sp³-hybridized carbons (Fsp3) is 0.241. The lowest BCUT2D eigenvalue weighted by Crippen LogP contribution is -2.08. The number of aryl methyl sites for hydroxylation is 1. The Morgan fingerprint density at radius 3 is 2.42 bits per heavy atom. The Balaban J connectivity index is 1.99. The highest BCUT2D eigenvalue weighted by Gasteiger charge is 2.20. The van der Waals surface area contributed by atoms with Crippen molar-refractivity contribution < 1.29 is 9.90 Å². The maximum atomic E-state index is 11.9. The molecule has 0 aliphatic carbocycles. The average Bonchev–Trinajstić information content (AvgIpc) is 3.17. The fourth-order valence-electron chi connectivity index (χ4n) is 4.24. The number of rotatable bonds is 9. The van der Waals surface area contributed by atoms with Gasteiger partial charge in [0.2, 0.25) is 0 Å². The van der Waals surface area contributed by atoms with Crippen molar-refractivity contribution in [3.05, 3.63) is 95.5 Å². The van der Waals surface area contributed by atoms with Gasteiger partial charge in [0.15, 0.2) is 0 Å². The summed E-state index contributed by atoms with van der Waals surface area (Å²) in [5.74, 6) is 0.111. The molecule has 0 spiro atoms. The summed E-state index contributed by atoms with van der Waals surface area (Å²) in [6.45, 7) is 4.71. The average molecular weight is 439 g/mol. The molecule has 4 aromatic rings. The Morgan fingerprint density at radius 1 is 0.970 bits per heavy atom. The third kappa shape index (κ3) is 4.90. The molecule has 0 radical (unpaired) electrons. The number of carboxylic acid groups (broad SMARTS) is 1. The van der Waals surface area contributed by atoms with E-state index >= 15 is 0 Å². The molecule has 0 amide bonds. The Labute approximate surface area is 195 Å². The Bertz CT molecular complexity index is 1280. The lowest BCUT2D eigenvalue weighted by atomic mass is 10.00. The molecule has 1 N–H and O–H groups in total. The number of imidazole rings is 1. The second-order valence-corrected chi connectivity index (χ2v) is 8.29. The van der Waals surface area contributed by atoms with Crippen LogP contribution in [0.15, 0.2) is 78.4 Å². The van der Waals surface area contributed by atoms with E-state index in [0.29, 0.717) is 18.5 Å². The number of carbonyl (C=O) groups is 1. The molecule has 4 rings (SSSR count). The van der Waals surface area contributed by atoms with E-state index in [1.54, 1.807) is 0 Å². The number of carboxylic acids is 1. The predicted octanol–water partition coefficient (Wildman–Crippen LogP) is 6.97. The molecule has 0 unspecified atom stereocenters. The summed E-state index contributed by atoms with van der Waals surface area (Å²) < 4.78 is 2.21. The van der Waals surface area contributed by atoms with Gasteiger partial charge in [-0.3, -0.25) is 0 Å². The number of nitrogens with zero attached hydrogens (tertiary/aromatic N) is 2. The first-order chi connectivity index (χ1) is 16.1. The highest BCUT2D eigenvalue weighted by atomic mass is 16.4. The molecule has 0 atom stereocenters. The number of hydrogen-bond donors (Lipinski definition) is 1. The standard InChI is InChI=1S/C29H30N2O2/c1-3-5-18-27-30-28(25-17-11-15-23-14-9-10-16-24(23)25)26(19-22(4-2)29(32)33)31(27)20-21-12-7-6-8-13-21/h6-17,19H,3-5,18,20H2,1-2H3,(H,32,33)/b22-19+. The number of fused-ring (bicyclic) bond motifs is 1. The van der Waals surface area contributed by atoms with E-state index in [1.165, 1.54) is 5.56 Å². The molecule has 4 heteroatoms. The third-order valence-corrected chi connectivity index (χ3v) is 6.03. The van der Waals surface area contributed by atoms with Gasteiger partial charge in [0.05, 0.1) is 11.4 Å². The van der Waals surface area contributed by atoms with Gasteiger partial charge in [0.1, 0.15) is 5.82 Å². The van der Waals surface area contributed by atoms with Gasteiger partial charge in [0, 0.05) is 24.1 Å². The first kappa shape index (κ1) is 22.5. The summed E-state index contributed by atoms with van der Waals surface area (Å²) in [5.41, 5.74) is 4.29. The van der Waals surface area contributed by atoms with Crippen molar-refractivity contribution in [2.45, 2.75) is 46.1 Å². The highest BCUT2D eigenvalue weighted by molar-refractivity contribution is 5.99. The Morgan fingerprint density at radius 2 is 1.70 bits per heavy atom. The van der Waals surface area contributed by atoms with Crippen LogP contribution in [0.1, 0.15) is 50.2 Å². The molecule has 0 fully saturated rings. The van der Waals surface area contributed by atoms with E-state index in [2.05, 4.69) is 47.9 Å². The topological polar surface area (TPSA) is 55.1 Å². The van der Waals surface area contributed by atoms with Crippen LogP contribution in [0, 0.1) is 0 Å². The molecule has 33 heavy (non-hydrogen) atoms. The maximum absolute atomic E-state index is 11.9. The van der Waals surface area contributed by atoms with Gasteiger partial charge in [-0.25, -0.2) is 9.78 Å². The minimum Gasteiger partial charge on any atom is -0.478 e. The summed E-state index contributed by atoms with van der Waals surface area (Å²) in [5, 5.41) is 12.1. The first-order valence-corrected chi connectivity index (χ1v) is 11.7. The SMILES string of the molecule is CCCCc1nc(-c2cccc3ccccc23)c(/C=C(\CC)C(=O)O)n1Cc1ccccc1. The van der Waals surface area contributed by atoms with Crippen molar-refractivity contribution in [2.75, 3.05) is 0 Å². The minimum absolute atomic E-state index is 0.382. The molecule has 0 aliphatic heterocycles. The zero-order valence-electron chi connectivity index (χ0n) is 19.3. The third-order valence-electron chi connectivity index (χ3n) is 6.03. The van der Waals surface area contributed by atoms with Gasteiger partial charge < -0.3 is 9.67 Å². The van der Waals surface area contributed by atoms with Crippen LogP contribution in [0.3, 0.4) is 0 Å². The number of unbranched alkanes of at least 4 members (excludes halogenated alkanes) is 1. The summed E-state index contributed by atoms with van der Waals surface area (Å²) in [6, 6.07) is 24.8. The first-order valence-electron chi connectivity index (χ1n) is 11.7. The quantitative estimate of drug-likeness (QED) is 0.287. The van der Waals surface area contributed by atoms with Crippen molar-refractivity contribution in [3.63, 3.8) is 0 Å². The molecule has 168 valence electrons. The highest BCUT2D eigenvalue weighted by Crippen LogP contribution is 2.33. The zero-order valence-corrected chi connectivity index (χ0v) is 19.3. The minimum atomic E-state index is -0.885. The second-order valence-electron chi connectivity index (χ2n) is 8.29. The van der Waals surface area contributed by atoms with Crippen molar-refractivity contribution in [1.82, 2.24) is 9.55 Å². The molecule has 0 aliphatic rings.